The second kappa shape index (κ2) is 15.8. The van der Waals surface area contributed by atoms with Crippen LogP contribution in [0.3, 0.4) is 0 Å². The first-order valence-electron chi connectivity index (χ1n) is 11.3. The van der Waals surface area contributed by atoms with Gasteiger partial charge in [0, 0.05) is 18.8 Å². The van der Waals surface area contributed by atoms with Crippen molar-refractivity contribution in [2.75, 3.05) is 19.8 Å². The molecule has 8 heteroatoms. The van der Waals surface area contributed by atoms with Crippen LogP contribution in [0.1, 0.15) is 58.8 Å². The topological polar surface area (TPSA) is 71.1 Å². The van der Waals surface area contributed by atoms with Gasteiger partial charge in [0.2, 0.25) is 8.32 Å². The first-order valence-corrected chi connectivity index (χ1v) is 17.7. The Hall–Kier alpha value is -0.966. The molecule has 1 unspecified atom stereocenters. The molecule has 0 aliphatic heterocycles. The van der Waals surface area contributed by atoms with Gasteiger partial charge in [-0.25, -0.2) is 9.59 Å². The zero-order valence-corrected chi connectivity index (χ0v) is 22.3. The standard InChI is InChI=1S/C22H44O6Si2/c1-8-10-11-12-13-14-18-25-20(23)15-16-21(24)27-19-22(26-17-9-2)30(6,7)28-29(3,4)5/h15-16,22H,8-14,17-19H2,1-7H3. The van der Waals surface area contributed by atoms with E-state index in [-0.39, 0.29) is 12.3 Å². The van der Waals surface area contributed by atoms with Crippen molar-refractivity contribution in [1.29, 1.82) is 0 Å². The molecule has 0 fully saturated rings. The smallest absolute Gasteiger partial charge is 0.331 e. The van der Waals surface area contributed by atoms with E-state index in [9.17, 15) is 9.59 Å². The number of rotatable bonds is 17. The average Bonchev–Trinajstić information content (AvgIpc) is 2.63. The summed E-state index contributed by atoms with van der Waals surface area (Å²) in [5.41, 5.74) is -0.249. The van der Waals surface area contributed by atoms with Crippen molar-refractivity contribution in [3.05, 3.63) is 12.2 Å². The Bertz CT molecular complexity index is 514. The normalized spacial score (nSPS) is 13.4. The second-order valence-electron chi connectivity index (χ2n) is 9.08. The molecule has 0 aliphatic carbocycles. The van der Waals surface area contributed by atoms with Crippen LogP contribution in [0.5, 0.6) is 0 Å². The van der Waals surface area contributed by atoms with E-state index < -0.39 is 28.6 Å². The van der Waals surface area contributed by atoms with Crippen LogP contribution in [-0.4, -0.2) is 54.1 Å². The van der Waals surface area contributed by atoms with Crippen molar-refractivity contribution in [3.8, 4) is 0 Å². The Balaban J connectivity index is 4.38. The molecule has 0 N–H and O–H groups in total. The summed E-state index contributed by atoms with van der Waals surface area (Å²) in [6.45, 7) is 15.9. The van der Waals surface area contributed by atoms with Crippen molar-refractivity contribution in [2.24, 2.45) is 0 Å². The molecule has 30 heavy (non-hydrogen) atoms. The highest BCUT2D eigenvalue weighted by atomic mass is 28.4. The largest absolute Gasteiger partial charge is 0.463 e. The summed E-state index contributed by atoms with van der Waals surface area (Å²) in [6, 6.07) is 0. The highest BCUT2D eigenvalue weighted by Crippen LogP contribution is 2.20. The maximum absolute atomic E-state index is 12.0. The monoisotopic (exact) mass is 460 g/mol. The third kappa shape index (κ3) is 15.8. The Morgan fingerprint density at radius 2 is 1.33 bits per heavy atom. The van der Waals surface area contributed by atoms with Crippen LogP contribution in [0.4, 0.5) is 0 Å². The summed E-state index contributed by atoms with van der Waals surface area (Å²) < 4.78 is 22.8. The van der Waals surface area contributed by atoms with E-state index in [2.05, 4.69) is 39.7 Å². The predicted molar refractivity (Wildman–Crippen MR) is 126 cm³/mol. The van der Waals surface area contributed by atoms with Gasteiger partial charge < -0.3 is 18.3 Å². The van der Waals surface area contributed by atoms with Crippen LogP contribution >= 0.6 is 0 Å². The fourth-order valence-electron chi connectivity index (χ4n) is 3.01. The lowest BCUT2D eigenvalue weighted by Crippen LogP contribution is -2.54. The third-order valence-corrected chi connectivity index (χ3v) is 10.8. The fourth-order valence-corrected chi connectivity index (χ4v) is 10.9. The van der Waals surface area contributed by atoms with Crippen molar-refractivity contribution in [1.82, 2.24) is 0 Å². The molecule has 0 aromatic carbocycles. The van der Waals surface area contributed by atoms with Gasteiger partial charge in [-0.1, -0.05) is 46.0 Å². The summed E-state index contributed by atoms with van der Waals surface area (Å²) in [6.07, 6.45) is 9.88. The van der Waals surface area contributed by atoms with Crippen molar-refractivity contribution in [2.45, 2.75) is 97.3 Å². The van der Waals surface area contributed by atoms with Crippen molar-refractivity contribution >= 4 is 28.6 Å². The van der Waals surface area contributed by atoms with E-state index in [1.54, 1.807) is 0 Å². The summed E-state index contributed by atoms with van der Waals surface area (Å²) in [5, 5.41) is 0. The van der Waals surface area contributed by atoms with Gasteiger partial charge in [-0.15, -0.1) is 0 Å². The highest BCUT2D eigenvalue weighted by molar-refractivity contribution is 6.84. The molecule has 0 saturated heterocycles. The molecule has 6 nitrogen and oxygen atoms in total. The zero-order valence-electron chi connectivity index (χ0n) is 20.3. The first-order chi connectivity index (χ1) is 14.0. The van der Waals surface area contributed by atoms with Gasteiger partial charge in [-0.05, 0) is 45.6 Å². The molecule has 0 aliphatic rings. The lowest BCUT2D eigenvalue weighted by atomic mass is 10.1. The maximum atomic E-state index is 12.0. The van der Waals surface area contributed by atoms with Gasteiger partial charge >= 0.3 is 11.9 Å². The van der Waals surface area contributed by atoms with Crippen LogP contribution in [0, 0.1) is 0 Å². The molecule has 0 rings (SSSR count). The number of hydrogen-bond acceptors (Lipinski definition) is 6. The Kier molecular flexibility index (Phi) is 15.3. The fraction of sp³-hybridized carbons (Fsp3) is 0.818. The van der Waals surface area contributed by atoms with Gasteiger partial charge in [0.05, 0.1) is 6.61 Å². The minimum Gasteiger partial charge on any atom is -0.463 e. The molecule has 0 aromatic rings. The number of esters is 2. The van der Waals surface area contributed by atoms with E-state index >= 15 is 0 Å². The zero-order chi connectivity index (χ0) is 23.0. The van der Waals surface area contributed by atoms with E-state index in [1.807, 2.05) is 6.92 Å². The average molecular weight is 461 g/mol. The summed E-state index contributed by atoms with van der Waals surface area (Å²) in [7, 11) is -3.95. The lowest BCUT2D eigenvalue weighted by molar-refractivity contribution is -0.142. The highest BCUT2D eigenvalue weighted by Gasteiger charge is 2.39. The van der Waals surface area contributed by atoms with Crippen LogP contribution in [0.2, 0.25) is 32.7 Å². The molecule has 0 radical (unpaired) electrons. The van der Waals surface area contributed by atoms with E-state index in [0.29, 0.717) is 13.2 Å². The number of ether oxygens (including phenoxy) is 3. The number of unbranched alkanes of at least 4 members (excludes halogenated alkanes) is 5. The Morgan fingerprint density at radius 3 is 1.90 bits per heavy atom. The first kappa shape index (κ1) is 29.0. The maximum Gasteiger partial charge on any atom is 0.331 e. The van der Waals surface area contributed by atoms with Gasteiger partial charge in [0.25, 0.3) is 0 Å². The molecular weight excluding hydrogens is 416 g/mol. The van der Waals surface area contributed by atoms with Gasteiger partial charge in [-0.3, -0.25) is 0 Å². The Labute approximate surface area is 185 Å². The van der Waals surface area contributed by atoms with Crippen LogP contribution in [0.15, 0.2) is 12.2 Å². The quantitative estimate of drug-likeness (QED) is 0.126. The molecule has 0 spiro atoms. The number of hydrogen-bond donors (Lipinski definition) is 0. The Morgan fingerprint density at radius 1 is 0.767 bits per heavy atom. The van der Waals surface area contributed by atoms with Crippen LogP contribution in [-0.2, 0) is 27.9 Å². The van der Waals surface area contributed by atoms with E-state index in [4.69, 9.17) is 18.3 Å². The van der Waals surface area contributed by atoms with E-state index in [0.717, 1.165) is 37.8 Å². The number of carbonyl (C=O) groups excluding carboxylic acids is 2. The molecular formula is C22H44O6Si2. The molecule has 0 bridgehead atoms. The lowest BCUT2D eigenvalue weighted by Gasteiger charge is -2.37. The molecule has 176 valence electrons. The van der Waals surface area contributed by atoms with Gasteiger partial charge in [-0.2, -0.15) is 0 Å². The number of carbonyl (C=O) groups is 2. The molecule has 0 saturated carbocycles. The summed E-state index contributed by atoms with van der Waals surface area (Å²) in [4.78, 5) is 23.8. The minimum absolute atomic E-state index is 0.125. The summed E-state index contributed by atoms with van der Waals surface area (Å²) >= 11 is 0. The molecule has 0 amide bonds. The van der Waals surface area contributed by atoms with Gasteiger partial charge in [0.1, 0.15) is 12.3 Å². The predicted octanol–water partition coefficient (Wildman–Crippen LogP) is 5.38. The second-order valence-corrected chi connectivity index (χ2v) is 18.0. The van der Waals surface area contributed by atoms with Crippen LogP contribution < -0.4 is 0 Å². The minimum atomic E-state index is -2.20. The molecule has 1 atom stereocenters. The molecule has 0 heterocycles. The van der Waals surface area contributed by atoms with Crippen molar-refractivity contribution < 1.29 is 27.9 Å². The van der Waals surface area contributed by atoms with Crippen molar-refractivity contribution in [3.63, 3.8) is 0 Å². The molecule has 0 aromatic heterocycles. The SMILES string of the molecule is CCCCCCCCOC(=O)C=CC(=O)OCC(OCCC)[Si](C)(C)O[Si](C)(C)C. The van der Waals surface area contributed by atoms with Gasteiger partial charge in [0.15, 0.2) is 8.32 Å². The summed E-state index contributed by atoms with van der Waals surface area (Å²) in [5.74, 6) is -1.09. The van der Waals surface area contributed by atoms with Crippen LogP contribution in [0.25, 0.3) is 0 Å². The van der Waals surface area contributed by atoms with E-state index in [1.165, 1.54) is 19.3 Å². The third-order valence-electron chi connectivity index (χ3n) is 4.34.